The first-order valence-electron chi connectivity index (χ1n) is 4.62. The van der Waals surface area contributed by atoms with Gasteiger partial charge < -0.3 is 5.73 Å². The molecule has 16 heavy (non-hydrogen) atoms. The molecule has 0 radical (unpaired) electrons. The van der Waals surface area contributed by atoms with Crippen LogP contribution in [0.3, 0.4) is 0 Å². The second-order valence-corrected chi connectivity index (χ2v) is 5.79. The van der Waals surface area contributed by atoms with Gasteiger partial charge in [-0.2, -0.15) is 5.26 Å². The summed E-state index contributed by atoms with van der Waals surface area (Å²) in [6.45, 7) is 1.64. The molecule has 1 aromatic carbocycles. The third kappa shape index (κ3) is 2.29. The van der Waals surface area contributed by atoms with E-state index in [1.165, 1.54) is 18.2 Å². The number of nitrogens with two attached hydrogens (primary N) is 1. The van der Waals surface area contributed by atoms with Crippen molar-refractivity contribution in [3.8, 4) is 6.07 Å². The molecule has 1 atom stereocenters. The fraction of sp³-hybridized carbons (Fsp3) is 0.300. The number of benzene rings is 1. The average Bonchev–Trinajstić information content (AvgIpc) is 2.18. The van der Waals surface area contributed by atoms with Crippen molar-refractivity contribution in [1.29, 1.82) is 5.26 Å². The number of nitrogen functional groups attached to an aromatic ring is 1. The highest BCUT2D eigenvalue weighted by Crippen LogP contribution is 2.26. The van der Waals surface area contributed by atoms with Gasteiger partial charge in [-0.1, -0.05) is 18.5 Å². The number of halogens is 1. The second kappa shape index (κ2) is 4.73. The maximum absolute atomic E-state index is 12.0. The molecule has 0 bridgehead atoms. The molecular weight excluding hydrogens is 248 g/mol. The van der Waals surface area contributed by atoms with Crippen LogP contribution in [0.4, 0.5) is 5.69 Å². The maximum Gasteiger partial charge on any atom is 0.196 e. The molecular formula is C10H11ClN2O2S. The van der Waals surface area contributed by atoms with Gasteiger partial charge in [0.05, 0.1) is 16.7 Å². The van der Waals surface area contributed by atoms with Crippen molar-refractivity contribution >= 4 is 27.1 Å². The van der Waals surface area contributed by atoms with Crippen LogP contribution < -0.4 is 5.73 Å². The zero-order chi connectivity index (χ0) is 12.3. The summed E-state index contributed by atoms with van der Waals surface area (Å²) in [6.07, 6.45) is 0.223. The lowest BCUT2D eigenvalue weighted by Crippen LogP contribution is -2.19. The summed E-state index contributed by atoms with van der Waals surface area (Å²) in [4.78, 5) is -0.0368. The van der Waals surface area contributed by atoms with Crippen molar-refractivity contribution in [1.82, 2.24) is 0 Å². The molecule has 86 valence electrons. The molecule has 2 N–H and O–H groups in total. The third-order valence-electron chi connectivity index (χ3n) is 2.17. The number of nitrogens with zero attached hydrogens (tertiary/aromatic N) is 1. The summed E-state index contributed by atoms with van der Waals surface area (Å²) in [7, 11) is -3.69. The number of hydrogen-bond donors (Lipinski definition) is 1. The Morgan fingerprint density at radius 1 is 1.56 bits per heavy atom. The van der Waals surface area contributed by atoms with E-state index in [1.807, 2.05) is 0 Å². The molecule has 6 heteroatoms. The molecule has 0 saturated heterocycles. The second-order valence-electron chi connectivity index (χ2n) is 3.25. The van der Waals surface area contributed by atoms with Gasteiger partial charge in [-0.3, -0.25) is 0 Å². The topological polar surface area (TPSA) is 84.0 Å². The minimum Gasteiger partial charge on any atom is -0.398 e. The van der Waals surface area contributed by atoms with Gasteiger partial charge in [0.15, 0.2) is 15.1 Å². The molecule has 1 rings (SSSR count). The van der Waals surface area contributed by atoms with Gasteiger partial charge in [-0.15, -0.1) is 0 Å². The summed E-state index contributed by atoms with van der Waals surface area (Å²) in [5.74, 6) is 0. The van der Waals surface area contributed by atoms with Crippen LogP contribution >= 0.6 is 11.6 Å². The van der Waals surface area contributed by atoms with Crippen molar-refractivity contribution < 1.29 is 8.42 Å². The fourth-order valence-electron chi connectivity index (χ4n) is 1.31. The molecule has 0 spiro atoms. The number of sulfone groups is 1. The van der Waals surface area contributed by atoms with E-state index in [0.29, 0.717) is 5.02 Å². The van der Waals surface area contributed by atoms with Crippen molar-refractivity contribution in [3.05, 3.63) is 23.2 Å². The molecule has 1 aromatic rings. The first-order valence-corrected chi connectivity index (χ1v) is 6.54. The number of hydrogen-bond acceptors (Lipinski definition) is 4. The van der Waals surface area contributed by atoms with E-state index in [-0.39, 0.29) is 17.0 Å². The molecule has 0 heterocycles. The van der Waals surface area contributed by atoms with E-state index in [9.17, 15) is 8.42 Å². The van der Waals surface area contributed by atoms with Gasteiger partial charge in [0.1, 0.15) is 0 Å². The Balaban J connectivity index is 3.34. The minimum atomic E-state index is -3.69. The zero-order valence-electron chi connectivity index (χ0n) is 8.64. The highest BCUT2D eigenvalue weighted by atomic mass is 35.5. The Kier molecular flexibility index (Phi) is 3.79. The Morgan fingerprint density at radius 3 is 2.62 bits per heavy atom. The van der Waals surface area contributed by atoms with Crippen molar-refractivity contribution in [3.63, 3.8) is 0 Å². The van der Waals surface area contributed by atoms with Gasteiger partial charge in [-0.05, 0) is 24.6 Å². The van der Waals surface area contributed by atoms with E-state index >= 15 is 0 Å². The zero-order valence-corrected chi connectivity index (χ0v) is 10.2. The van der Waals surface area contributed by atoms with Gasteiger partial charge >= 0.3 is 0 Å². The average molecular weight is 259 g/mol. The van der Waals surface area contributed by atoms with Crippen LogP contribution in [0.25, 0.3) is 0 Å². The first kappa shape index (κ1) is 12.8. The highest BCUT2D eigenvalue weighted by molar-refractivity contribution is 7.92. The van der Waals surface area contributed by atoms with Crippen LogP contribution in [0.2, 0.25) is 5.02 Å². The van der Waals surface area contributed by atoms with Crippen LogP contribution in [0, 0.1) is 11.3 Å². The van der Waals surface area contributed by atoms with E-state index in [4.69, 9.17) is 22.6 Å². The van der Waals surface area contributed by atoms with Crippen LogP contribution in [-0.4, -0.2) is 13.7 Å². The Bertz CT molecular complexity index is 534. The van der Waals surface area contributed by atoms with E-state index in [0.717, 1.165) is 0 Å². The molecule has 0 aliphatic carbocycles. The lowest BCUT2D eigenvalue weighted by Gasteiger charge is -2.10. The van der Waals surface area contributed by atoms with Crippen LogP contribution in [-0.2, 0) is 9.84 Å². The van der Waals surface area contributed by atoms with Gasteiger partial charge in [0.25, 0.3) is 0 Å². The SMILES string of the molecule is CCC(C#N)S(=O)(=O)c1ccc(Cl)cc1N. The van der Waals surface area contributed by atoms with E-state index in [2.05, 4.69) is 0 Å². The largest absolute Gasteiger partial charge is 0.398 e. The lowest BCUT2D eigenvalue weighted by molar-refractivity contribution is 0.588. The Morgan fingerprint density at radius 2 is 2.19 bits per heavy atom. The van der Waals surface area contributed by atoms with Crippen LogP contribution in [0.1, 0.15) is 13.3 Å². The summed E-state index contributed by atoms with van der Waals surface area (Å²) in [6, 6.07) is 5.88. The van der Waals surface area contributed by atoms with Gasteiger partial charge in [0.2, 0.25) is 0 Å². The molecule has 0 aromatic heterocycles. The van der Waals surface area contributed by atoms with Crippen LogP contribution in [0.5, 0.6) is 0 Å². The molecule has 0 fully saturated rings. The monoisotopic (exact) mass is 258 g/mol. The summed E-state index contributed by atoms with van der Waals surface area (Å²) < 4.78 is 24.0. The predicted octanol–water partition coefficient (Wildman–Crippen LogP) is 2.00. The minimum absolute atomic E-state index is 0.0368. The number of nitriles is 1. The smallest absolute Gasteiger partial charge is 0.196 e. The lowest BCUT2D eigenvalue weighted by atomic mass is 10.3. The Hall–Kier alpha value is -1.25. The van der Waals surface area contributed by atoms with Crippen molar-refractivity contribution in [2.45, 2.75) is 23.5 Å². The van der Waals surface area contributed by atoms with E-state index in [1.54, 1.807) is 13.0 Å². The molecule has 0 aliphatic rings. The van der Waals surface area contributed by atoms with Gasteiger partial charge in [0, 0.05) is 5.02 Å². The molecule has 4 nitrogen and oxygen atoms in total. The van der Waals surface area contributed by atoms with Crippen molar-refractivity contribution in [2.75, 3.05) is 5.73 Å². The molecule has 1 unspecified atom stereocenters. The predicted molar refractivity (Wildman–Crippen MR) is 62.7 cm³/mol. The summed E-state index contributed by atoms with van der Waals surface area (Å²) >= 11 is 5.67. The third-order valence-corrected chi connectivity index (χ3v) is 4.58. The maximum atomic E-state index is 12.0. The number of rotatable bonds is 3. The quantitative estimate of drug-likeness (QED) is 0.841. The molecule has 0 amide bonds. The first-order chi connectivity index (χ1) is 7.43. The van der Waals surface area contributed by atoms with E-state index < -0.39 is 15.1 Å². The van der Waals surface area contributed by atoms with Crippen molar-refractivity contribution in [2.24, 2.45) is 0 Å². The Labute approximate surface area is 99.6 Å². The van der Waals surface area contributed by atoms with Gasteiger partial charge in [-0.25, -0.2) is 8.42 Å². The number of anilines is 1. The standard InChI is InChI=1S/C10H11ClN2O2S/c1-2-8(6-12)16(14,15)10-4-3-7(11)5-9(10)13/h3-5,8H,2,13H2,1H3. The molecule has 0 saturated carbocycles. The summed E-state index contributed by atoms with van der Waals surface area (Å²) in [5, 5.41) is 8.06. The highest BCUT2D eigenvalue weighted by Gasteiger charge is 2.27. The normalized spacial score (nSPS) is 13.1. The van der Waals surface area contributed by atoms with Crippen LogP contribution in [0.15, 0.2) is 23.1 Å². The summed E-state index contributed by atoms with van der Waals surface area (Å²) in [5.41, 5.74) is 5.65. The molecule has 0 aliphatic heterocycles. The fourth-order valence-corrected chi connectivity index (χ4v) is 3.02.